The minimum absolute atomic E-state index is 0.659. The predicted octanol–water partition coefficient (Wildman–Crippen LogP) is -2.05. The zero-order chi connectivity index (χ0) is 11.8. The summed E-state index contributed by atoms with van der Waals surface area (Å²) < 4.78 is 4.76. The molecule has 0 aromatic rings. The Labute approximate surface area is 95.6 Å². The maximum absolute atomic E-state index is 9.69. The van der Waals surface area contributed by atoms with Crippen molar-refractivity contribution in [2.75, 3.05) is 6.61 Å². The summed E-state index contributed by atoms with van der Waals surface area (Å²) in [6.45, 7) is -0.659. The Morgan fingerprint density at radius 3 is 2.13 bits per heavy atom. The van der Waals surface area contributed by atoms with Gasteiger partial charge in [0.25, 0.3) is 0 Å². The number of halogens is 2. The number of aliphatic hydroxyl groups excluding tert-OH is 4. The topological polar surface area (TPSA) is 110 Å². The molecule has 0 amide bonds. The van der Waals surface area contributed by atoms with Gasteiger partial charge in [-0.3, -0.25) is 0 Å². The molecule has 0 aromatic carbocycles. The van der Waals surface area contributed by atoms with Gasteiger partial charge in [-0.25, -0.2) is 0 Å². The van der Waals surface area contributed by atoms with E-state index in [4.69, 9.17) is 33.0 Å². The van der Waals surface area contributed by atoms with E-state index in [1.807, 2.05) is 0 Å². The molecule has 1 aliphatic heterocycles. The molecule has 0 saturated carbocycles. The Balaban J connectivity index is 2.92. The average Bonchev–Trinajstić information content (AvgIpc) is 2.20. The molecule has 5 N–H and O–H groups in total. The largest absolute Gasteiger partial charge is 0.394 e. The molecule has 1 aliphatic rings. The van der Waals surface area contributed by atoms with Gasteiger partial charge >= 0.3 is 0 Å². The average molecular weight is 263 g/mol. The highest BCUT2D eigenvalue weighted by atomic mass is 35.5. The second-order valence-electron chi connectivity index (χ2n) is 3.32. The fourth-order valence-electron chi connectivity index (χ4n) is 1.36. The number of ether oxygens (including phenoxy) is 1. The van der Waals surface area contributed by atoms with Crippen molar-refractivity contribution in [2.24, 2.45) is 0 Å². The molecule has 1 rings (SSSR count). The molecular weight excluding hydrogens is 251 g/mol. The van der Waals surface area contributed by atoms with E-state index in [1.165, 1.54) is 0 Å². The van der Waals surface area contributed by atoms with Gasteiger partial charge in [0.2, 0.25) is 5.79 Å². The van der Waals surface area contributed by atoms with Gasteiger partial charge in [-0.1, -0.05) is 23.2 Å². The Hall–Kier alpha value is 0.340. The van der Waals surface area contributed by atoms with Gasteiger partial charge in [0, 0.05) is 0 Å². The Kier molecular flexibility index (Phi) is 4.19. The normalized spacial score (nSPS) is 47.2. The highest BCUT2D eigenvalue weighted by Gasteiger charge is 2.55. The number of hydrogen-bond acceptors (Lipinski definition) is 6. The Bertz CT molecular complexity index is 226. The summed E-state index contributed by atoms with van der Waals surface area (Å²) in [5.41, 5.74) is 0. The van der Waals surface area contributed by atoms with Crippen molar-refractivity contribution in [1.82, 2.24) is 0 Å². The van der Waals surface area contributed by atoms with Crippen LogP contribution < -0.4 is 0 Å². The van der Waals surface area contributed by atoms with Crippen LogP contribution in [-0.2, 0) is 4.74 Å². The highest BCUT2D eigenvalue weighted by molar-refractivity contribution is 6.45. The summed E-state index contributed by atoms with van der Waals surface area (Å²) in [6, 6.07) is 0. The van der Waals surface area contributed by atoms with Crippen LogP contribution in [0.1, 0.15) is 0 Å². The maximum Gasteiger partial charge on any atom is 0.226 e. The number of aliphatic hydroxyl groups is 5. The fraction of sp³-hybridized carbons (Fsp3) is 1.00. The molecule has 90 valence electrons. The summed E-state index contributed by atoms with van der Waals surface area (Å²) in [5.74, 6) is -2.42. The van der Waals surface area contributed by atoms with Gasteiger partial charge in [-0.2, -0.15) is 0 Å². The van der Waals surface area contributed by atoms with Crippen molar-refractivity contribution >= 4 is 23.2 Å². The van der Waals surface area contributed by atoms with Crippen molar-refractivity contribution < 1.29 is 30.3 Å². The van der Waals surface area contributed by atoms with Crippen molar-refractivity contribution in [3.8, 4) is 0 Å². The molecule has 8 heteroatoms. The van der Waals surface area contributed by atoms with Crippen LogP contribution >= 0.6 is 23.2 Å². The molecule has 1 unspecified atom stereocenters. The van der Waals surface area contributed by atoms with E-state index in [-0.39, 0.29) is 0 Å². The van der Waals surface area contributed by atoms with E-state index >= 15 is 0 Å². The van der Waals surface area contributed by atoms with Crippen LogP contribution in [0.3, 0.4) is 0 Å². The predicted molar refractivity (Wildman–Crippen MR) is 50.4 cm³/mol. The summed E-state index contributed by atoms with van der Waals surface area (Å²) >= 11 is 10.8. The van der Waals surface area contributed by atoms with Crippen LogP contribution in [0, 0.1) is 0 Å². The molecular formula is C7H12Cl2O6. The van der Waals surface area contributed by atoms with Gasteiger partial charge in [-0.15, -0.1) is 0 Å². The van der Waals surface area contributed by atoms with E-state index in [0.717, 1.165) is 0 Å². The lowest BCUT2D eigenvalue weighted by molar-refractivity contribution is -0.343. The molecule has 1 saturated heterocycles. The van der Waals surface area contributed by atoms with E-state index < -0.39 is 41.6 Å². The molecule has 15 heavy (non-hydrogen) atoms. The van der Waals surface area contributed by atoms with Gasteiger partial charge < -0.3 is 30.3 Å². The summed E-state index contributed by atoms with van der Waals surface area (Å²) in [6.07, 6.45) is -6.37. The van der Waals surface area contributed by atoms with Crippen LogP contribution in [0.4, 0.5) is 0 Å². The lowest BCUT2D eigenvalue weighted by Crippen LogP contribution is -2.67. The summed E-state index contributed by atoms with van der Waals surface area (Å²) in [7, 11) is 0. The standard InChI is InChI=1S/C7H12Cl2O6/c8-6(9)7(14)5(13)4(12)3(11)2(1-10)15-7/h2-6,10-14H,1H2/t2-,3-,4+,5-,7?/m1/s1. The minimum atomic E-state index is -2.42. The minimum Gasteiger partial charge on any atom is -0.394 e. The monoisotopic (exact) mass is 262 g/mol. The lowest BCUT2D eigenvalue weighted by Gasteiger charge is -2.45. The number of hydrogen-bond donors (Lipinski definition) is 5. The molecule has 0 radical (unpaired) electrons. The van der Waals surface area contributed by atoms with Gasteiger partial charge in [-0.05, 0) is 0 Å². The first-order chi connectivity index (χ1) is 6.84. The van der Waals surface area contributed by atoms with E-state index in [0.29, 0.717) is 0 Å². The molecule has 1 fully saturated rings. The molecule has 0 spiro atoms. The smallest absolute Gasteiger partial charge is 0.226 e. The van der Waals surface area contributed by atoms with Crippen molar-refractivity contribution in [3.63, 3.8) is 0 Å². The quantitative estimate of drug-likeness (QED) is 0.367. The number of rotatable bonds is 2. The van der Waals surface area contributed by atoms with Gasteiger partial charge in [0.05, 0.1) is 6.61 Å². The molecule has 0 aliphatic carbocycles. The molecule has 0 aromatic heterocycles. The highest BCUT2D eigenvalue weighted by Crippen LogP contribution is 2.34. The lowest BCUT2D eigenvalue weighted by atomic mass is 9.93. The van der Waals surface area contributed by atoms with E-state index in [1.54, 1.807) is 0 Å². The summed E-state index contributed by atoms with van der Waals surface area (Å²) in [4.78, 5) is -1.54. The zero-order valence-corrected chi connectivity index (χ0v) is 9.01. The first kappa shape index (κ1) is 13.4. The van der Waals surface area contributed by atoms with Crippen molar-refractivity contribution in [3.05, 3.63) is 0 Å². The fourth-order valence-corrected chi connectivity index (χ4v) is 1.72. The second kappa shape index (κ2) is 4.68. The Morgan fingerprint density at radius 1 is 1.20 bits per heavy atom. The SMILES string of the molecule is OC[C@H]1OC(O)(C(Cl)Cl)[C@H](O)[C@@H](O)[C@@H]1O. The van der Waals surface area contributed by atoms with E-state index in [2.05, 4.69) is 0 Å². The molecule has 5 atom stereocenters. The third-order valence-electron chi connectivity index (χ3n) is 2.31. The molecule has 0 bridgehead atoms. The van der Waals surface area contributed by atoms with Crippen LogP contribution in [-0.4, -0.2) is 67.2 Å². The first-order valence-corrected chi connectivity index (χ1v) is 5.05. The van der Waals surface area contributed by atoms with Crippen LogP contribution in [0.15, 0.2) is 0 Å². The number of alkyl halides is 2. The van der Waals surface area contributed by atoms with Crippen LogP contribution in [0.5, 0.6) is 0 Å². The maximum atomic E-state index is 9.69. The third kappa shape index (κ3) is 2.22. The van der Waals surface area contributed by atoms with Gasteiger partial charge in [0.1, 0.15) is 24.4 Å². The second-order valence-corrected chi connectivity index (χ2v) is 4.41. The van der Waals surface area contributed by atoms with Gasteiger partial charge in [0.15, 0.2) is 4.84 Å². The third-order valence-corrected chi connectivity index (χ3v) is 2.94. The van der Waals surface area contributed by atoms with Crippen molar-refractivity contribution in [1.29, 1.82) is 0 Å². The van der Waals surface area contributed by atoms with Crippen LogP contribution in [0.2, 0.25) is 0 Å². The van der Waals surface area contributed by atoms with Crippen LogP contribution in [0.25, 0.3) is 0 Å². The molecule has 6 nitrogen and oxygen atoms in total. The Morgan fingerprint density at radius 2 is 1.73 bits per heavy atom. The zero-order valence-electron chi connectivity index (χ0n) is 7.49. The van der Waals surface area contributed by atoms with E-state index in [9.17, 15) is 20.4 Å². The first-order valence-electron chi connectivity index (χ1n) is 4.18. The summed E-state index contributed by atoms with van der Waals surface area (Å²) in [5, 5.41) is 46.6. The van der Waals surface area contributed by atoms with Crippen molar-refractivity contribution in [2.45, 2.75) is 35.0 Å². The molecule has 1 heterocycles.